The highest BCUT2D eigenvalue weighted by Crippen LogP contribution is 2.22. The van der Waals surface area contributed by atoms with Gasteiger partial charge in [-0.05, 0) is 24.1 Å². The molecule has 0 saturated carbocycles. The number of hydrogen-bond acceptors (Lipinski definition) is 4. The maximum Gasteiger partial charge on any atom is 0.271 e. The summed E-state index contributed by atoms with van der Waals surface area (Å²) in [6, 6.07) is 5.91. The van der Waals surface area contributed by atoms with E-state index in [1.165, 1.54) is 0 Å². The maximum absolute atomic E-state index is 11.5. The summed E-state index contributed by atoms with van der Waals surface area (Å²) in [4.78, 5) is 15.6. The van der Waals surface area contributed by atoms with E-state index in [4.69, 9.17) is 10.5 Å². The van der Waals surface area contributed by atoms with Gasteiger partial charge in [0.2, 0.25) is 0 Å². The Balaban J connectivity index is 2.15. The van der Waals surface area contributed by atoms with Crippen molar-refractivity contribution in [2.45, 2.75) is 13.5 Å². The van der Waals surface area contributed by atoms with Crippen LogP contribution in [-0.4, -0.2) is 35.7 Å². The van der Waals surface area contributed by atoms with Gasteiger partial charge in [0.25, 0.3) is 5.91 Å². The van der Waals surface area contributed by atoms with E-state index in [2.05, 4.69) is 10.3 Å². The van der Waals surface area contributed by atoms with E-state index in [-0.39, 0.29) is 5.91 Å². The van der Waals surface area contributed by atoms with Crippen molar-refractivity contribution in [2.75, 3.05) is 20.2 Å². The van der Waals surface area contributed by atoms with Crippen molar-refractivity contribution in [3.05, 3.63) is 47.5 Å². The van der Waals surface area contributed by atoms with Crippen molar-refractivity contribution in [3.63, 3.8) is 0 Å². The summed E-state index contributed by atoms with van der Waals surface area (Å²) in [6.07, 6.45) is 3.38. The number of rotatable bonds is 6. The molecule has 0 aliphatic rings. The van der Waals surface area contributed by atoms with E-state index >= 15 is 0 Å². The lowest BCUT2D eigenvalue weighted by Gasteiger charge is -2.12. The highest BCUT2D eigenvalue weighted by Gasteiger charge is 2.09. The van der Waals surface area contributed by atoms with Gasteiger partial charge in [0.1, 0.15) is 18.1 Å². The Morgan fingerprint density at radius 2 is 2.29 bits per heavy atom. The molecule has 0 fully saturated rings. The van der Waals surface area contributed by atoms with Crippen LogP contribution in [0.3, 0.4) is 0 Å². The number of amides is 1. The average molecular weight is 288 g/mol. The summed E-state index contributed by atoms with van der Waals surface area (Å²) in [5, 5.41) is 2.56. The fourth-order valence-electron chi connectivity index (χ4n) is 2.05. The minimum absolute atomic E-state index is 0.189. The van der Waals surface area contributed by atoms with Crippen LogP contribution in [0.5, 0.6) is 5.75 Å². The Hall–Kier alpha value is -2.34. The zero-order chi connectivity index (χ0) is 15.2. The first kappa shape index (κ1) is 15.1. The molecule has 0 atom stereocenters. The number of benzene rings is 1. The second-order valence-electron chi connectivity index (χ2n) is 4.69. The van der Waals surface area contributed by atoms with Crippen LogP contribution >= 0.6 is 0 Å². The van der Waals surface area contributed by atoms with Gasteiger partial charge < -0.3 is 20.4 Å². The number of nitrogens with two attached hydrogens (primary N) is 1. The molecule has 0 aliphatic heterocycles. The number of carbonyl (C=O) groups is 1. The predicted octanol–water partition coefficient (Wildman–Crippen LogP) is 0.937. The molecule has 0 bridgehead atoms. The molecule has 6 nitrogen and oxygen atoms in total. The highest BCUT2D eigenvalue weighted by atomic mass is 16.5. The first-order valence-electron chi connectivity index (χ1n) is 6.81. The molecule has 6 heteroatoms. The SMILES string of the molecule is CNC(=O)c1cn(Cc2cccc(OCCN)c2C)cn1. The minimum Gasteiger partial charge on any atom is -0.492 e. The van der Waals surface area contributed by atoms with E-state index < -0.39 is 0 Å². The number of nitrogens with one attached hydrogen (secondary N) is 1. The van der Waals surface area contributed by atoms with Crippen LogP contribution in [0.1, 0.15) is 21.6 Å². The zero-order valence-electron chi connectivity index (χ0n) is 12.3. The van der Waals surface area contributed by atoms with Gasteiger partial charge in [0.05, 0.1) is 6.33 Å². The molecule has 112 valence electrons. The average Bonchev–Trinajstić information content (AvgIpc) is 2.96. The van der Waals surface area contributed by atoms with Crippen LogP contribution in [0, 0.1) is 6.92 Å². The van der Waals surface area contributed by atoms with E-state index in [0.29, 0.717) is 25.4 Å². The van der Waals surface area contributed by atoms with Gasteiger partial charge in [0.15, 0.2) is 0 Å². The van der Waals surface area contributed by atoms with Crippen molar-refractivity contribution in [1.82, 2.24) is 14.9 Å². The predicted molar refractivity (Wildman–Crippen MR) is 80.4 cm³/mol. The lowest BCUT2D eigenvalue weighted by molar-refractivity contribution is 0.0958. The Kier molecular flexibility index (Phi) is 4.94. The molecule has 2 aromatic rings. The van der Waals surface area contributed by atoms with Gasteiger partial charge in [-0.3, -0.25) is 4.79 Å². The molecule has 21 heavy (non-hydrogen) atoms. The third kappa shape index (κ3) is 3.61. The van der Waals surface area contributed by atoms with Crippen molar-refractivity contribution in [3.8, 4) is 5.75 Å². The van der Waals surface area contributed by atoms with Crippen molar-refractivity contribution in [1.29, 1.82) is 0 Å². The third-order valence-electron chi connectivity index (χ3n) is 3.22. The first-order chi connectivity index (χ1) is 10.2. The number of carbonyl (C=O) groups excluding carboxylic acids is 1. The van der Waals surface area contributed by atoms with Crippen LogP contribution < -0.4 is 15.8 Å². The van der Waals surface area contributed by atoms with E-state index in [1.807, 2.05) is 29.7 Å². The summed E-state index contributed by atoms with van der Waals surface area (Å²) < 4.78 is 7.49. The summed E-state index contributed by atoms with van der Waals surface area (Å²) >= 11 is 0. The maximum atomic E-state index is 11.5. The number of nitrogens with zero attached hydrogens (tertiary/aromatic N) is 2. The number of imidazole rings is 1. The summed E-state index contributed by atoms with van der Waals surface area (Å²) in [6.45, 7) is 3.63. The summed E-state index contributed by atoms with van der Waals surface area (Å²) in [7, 11) is 1.59. The largest absolute Gasteiger partial charge is 0.492 e. The van der Waals surface area contributed by atoms with Crippen molar-refractivity contribution in [2.24, 2.45) is 5.73 Å². The fraction of sp³-hybridized carbons (Fsp3) is 0.333. The Bertz CT molecular complexity index is 622. The Labute approximate surface area is 123 Å². The smallest absolute Gasteiger partial charge is 0.271 e. The monoisotopic (exact) mass is 288 g/mol. The fourth-order valence-corrected chi connectivity index (χ4v) is 2.05. The molecule has 0 aliphatic carbocycles. The van der Waals surface area contributed by atoms with Crippen LogP contribution in [-0.2, 0) is 6.54 Å². The molecule has 2 rings (SSSR count). The van der Waals surface area contributed by atoms with Crippen molar-refractivity contribution >= 4 is 5.91 Å². The molecule has 1 heterocycles. The van der Waals surface area contributed by atoms with Crippen LogP contribution in [0.25, 0.3) is 0 Å². The topological polar surface area (TPSA) is 82.2 Å². The molecule has 3 N–H and O–H groups in total. The van der Waals surface area contributed by atoms with Crippen molar-refractivity contribution < 1.29 is 9.53 Å². The van der Waals surface area contributed by atoms with E-state index in [1.54, 1.807) is 19.6 Å². The number of aromatic nitrogens is 2. The zero-order valence-corrected chi connectivity index (χ0v) is 12.3. The van der Waals surface area contributed by atoms with Crippen LogP contribution in [0.15, 0.2) is 30.7 Å². The molecule has 0 spiro atoms. The standard InChI is InChI=1S/C15H20N4O2/c1-11-12(4-3-5-14(11)21-7-6-16)8-19-9-13(18-10-19)15(20)17-2/h3-5,9-10H,6-8,16H2,1-2H3,(H,17,20). The van der Waals surface area contributed by atoms with Gasteiger partial charge in [0, 0.05) is 26.3 Å². The van der Waals surface area contributed by atoms with E-state index in [9.17, 15) is 4.79 Å². The quantitative estimate of drug-likeness (QED) is 0.828. The molecule has 1 aromatic heterocycles. The molecule has 1 amide bonds. The molecule has 0 radical (unpaired) electrons. The Morgan fingerprint density at radius 3 is 3.00 bits per heavy atom. The lowest BCUT2D eigenvalue weighted by Crippen LogP contribution is -2.18. The number of ether oxygens (including phenoxy) is 1. The molecule has 0 saturated heterocycles. The van der Waals surface area contributed by atoms with Gasteiger partial charge >= 0.3 is 0 Å². The van der Waals surface area contributed by atoms with Crippen LogP contribution in [0.4, 0.5) is 0 Å². The summed E-state index contributed by atoms with van der Waals surface area (Å²) in [5.41, 5.74) is 8.05. The minimum atomic E-state index is -0.189. The second-order valence-corrected chi connectivity index (χ2v) is 4.69. The molecular weight excluding hydrogens is 268 g/mol. The first-order valence-corrected chi connectivity index (χ1v) is 6.81. The molecule has 1 aromatic carbocycles. The lowest BCUT2D eigenvalue weighted by atomic mass is 10.1. The van der Waals surface area contributed by atoms with Gasteiger partial charge in [-0.25, -0.2) is 4.98 Å². The van der Waals surface area contributed by atoms with E-state index in [0.717, 1.165) is 16.9 Å². The highest BCUT2D eigenvalue weighted by molar-refractivity contribution is 5.91. The Morgan fingerprint density at radius 1 is 1.48 bits per heavy atom. The normalized spacial score (nSPS) is 10.4. The third-order valence-corrected chi connectivity index (χ3v) is 3.22. The number of hydrogen-bond donors (Lipinski definition) is 2. The van der Waals surface area contributed by atoms with Gasteiger partial charge in [-0.2, -0.15) is 0 Å². The van der Waals surface area contributed by atoms with Gasteiger partial charge in [-0.1, -0.05) is 12.1 Å². The second kappa shape index (κ2) is 6.90. The van der Waals surface area contributed by atoms with Gasteiger partial charge in [-0.15, -0.1) is 0 Å². The summed E-state index contributed by atoms with van der Waals surface area (Å²) in [5.74, 6) is 0.648. The molecule has 0 unspecified atom stereocenters. The molecular formula is C15H20N4O2. The van der Waals surface area contributed by atoms with Crippen LogP contribution in [0.2, 0.25) is 0 Å².